The second kappa shape index (κ2) is 6.32. The van der Waals surface area contributed by atoms with E-state index in [-0.39, 0.29) is 25.3 Å². The van der Waals surface area contributed by atoms with Crippen molar-refractivity contribution in [3.05, 3.63) is 35.4 Å². The molecule has 2 aromatic rings. The van der Waals surface area contributed by atoms with Gasteiger partial charge in [-0.15, -0.1) is 0 Å². The van der Waals surface area contributed by atoms with Crippen LogP contribution in [0.15, 0.2) is 18.2 Å². The highest BCUT2D eigenvalue weighted by atomic mass is 19.1. The highest BCUT2D eigenvalue weighted by Crippen LogP contribution is 2.35. The molecule has 25 heavy (non-hydrogen) atoms. The summed E-state index contributed by atoms with van der Waals surface area (Å²) in [4.78, 5) is 18.6. The molecule has 1 aromatic heterocycles. The van der Waals surface area contributed by atoms with Crippen molar-refractivity contribution in [3.8, 4) is 11.5 Å². The Morgan fingerprint density at radius 2 is 2.32 bits per heavy atom. The number of nitrogens with zero attached hydrogens (tertiary/aromatic N) is 3. The van der Waals surface area contributed by atoms with E-state index >= 15 is 0 Å². The third-order valence-electron chi connectivity index (χ3n) is 4.30. The second-order valence-electron chi connectivity index (χ2n) is 6.13. The van der Waals surface area contributed by atoms with Crippen molar-refractivity contribution in [2.75, 3.05) is 20.4 Å². The van der Waals surface area contributed by atoms with Gasteiger partial charge in [-0.25, -0.2) is 9.37 Å². The quantitative estimate of drug-likeness (QED) is 0.863. The van der Waals surface area contributed by atoms with Crippen molar-refractivity contribution in [3.63, 3.8) is 0 Å². The Bertz CT molecular complexity index is 796. The van der Waals surface area contributed by atoms with Crippen LogP contribution < -0.4 is 14.8 Å². The van der Waals surface area contributed by atoms with Crippen LogP contribution in [0.5, 0.6) is 11.5 Å². The molecule has 2 aliphatic rings. The first-order valence-electron chi connectivity index (χ1n) is 8.04. The summed E-state index contributed by atoms with van der Waals surface area (Å²) in [7, 11) is 1.67. The molecule has 8 nitrogen and oxygen atoms in total. The summed E-state index contributed by atoms with van der Waals surface area (Å²) in [6.45, 7) is 0.676. The van der Waals surface area contributed by atoms with E-state index < -0.39 is 6.17 Å². The summed E-state index contributed by atoms with van der Waals surface area (Å²) < 4.78 is 24.0. The summed E-state index contributed by atoms with van der Waals surface area (Å²) in [6, 6.07) is 5.01. The Labute approximate surface area is 143 Å². The van der Waals surface area contributed by atoms with Crippen LogP contribution in [0.2, 0.25) is 0 Å². The summed E-state index contributed by atoms with van der Waals surface area (Å²) in [5.41, 5.74) is 0.440. The summed E-state index contributed by atoms with van der Waals surface area (Å²) in [5, 5.41) is 9.98. The van der Waals surface area contributed by atoms with Crippen molar-refractivity contribution >= 4 is 5.91 Å². The first-order chi connectivity index (χ1) is 12.1. The normalized spacial score (nSPS) is 21.5. The molecule has 1 aromatic carbocycles. The second-order valence-corrected chi connectivity index (χ2v) is 6.13. The van der Waals surface area contributed by atoms with Gasteiger partial charge in [0.2, 0.25) is 6.79 Å². The number of para-hydroxylation sites is 1. The van der Waals surface area contributed by atoms with Crippen molar-refractivity contribution in [1.82, 2.24) is 25.4 Å². The fraction of sp³-hybridized carbons (Fsp3) is 0.438. The minimum Gasteiger partial charge on any atom is -0.454 e. The number of ether oxygens (including phenoxy) is 2. The van der Waals surface area contributed by atoms with E-state index in [0.717, 1.165) is 0 Å². The number of carbonyl (C=O) groups excluding carboxylic acids is 1. The lowest BCUT2D eigenvalue weighted by Crippen LogP contribution is -2.27. The number of alkyl halides is 1. The van der Waals surface area contributed by atoms with E-state index in [0.29, 0.717) is 41.7 Å². The van der Waals surface area contributed by atoms with Gasteiger partial charge in [0.1, 0.15) is 12.0 Å². The fourth-order valence-corrected chi connectivity index (χ4v) is 3.03. The highest BCUT2D eigenvalue weighted by Gasteiger charge is 2.28. The highest BCUT2D eigenvalue weighted by molar-refractivity contribution is 5.97. The SMILES string of the molecule is CN(Cc1nc([C@H]2C[C@H](F)CN2)n[nH]1)C(=O)c1cccc2c1OCO2. The molecule has 0 unspecified atom stereocenters. The van der Waals surface area contributed by atoms with E-state index in [1.54, 1.807) is 25.2 Å². The lowest BCUT2D eigenvalue weighted by molar-refractivity contribution is 0.0777. The molecule has 2 atom stereocenters. The zero-order valence-electron chi connectivity index (χ0n) is 13.7. The Hall–Kier alpha value is -2.68. The molecule has 1 fully saturated rings. The first-order valence-corrected chi connectivity index (χ1v) is 8.04. The zero-order chi connectivity index (χ0) is 17.4. The molecular formula is C16H18FN5O3. The number of carbonyl (C=O) groups is 1. The van der Waals surface area contributed by atoms with E-state index in [2.05, 4.69) is 20.5 Å². The van der Waals surface area contributed by atoms with Crippen LogP contribution in [-0.4, -0.2) is 52.5 Å². The van der Waals surface area contributed by atoms with Gasteiger partial charge in [0.25, 0.3) is 5.91 Å². The predicted octanol–water partition coefficient (Wildman–Crippen LogP) is 1.18. The molecule has 0 bridgehead atoms. The molecular weight excluding hydrogens is 329 g/mol. The molecule has 132 valence electrons. The van der Waals surface area contributed by atoms with E-state index in [1.165, 1.54) is 4.90 Å². The number of hydrogen-bond donors (Lipinski definition) is 2. The van der Waals surface area contributed by atoms with Crippen molar-refractivity contribution in [2.45, 2.75) is 25.2 Å². The molecule has 3 heterocycles. The maximum atomic E-state index is 13.3. The van der Waals surface area contributed by atoms with Crippen LogP contribution in [0, 0.1) is 0 Å². The average Bonchev–Trinajstić information content (AvgIpc) is 3.33. The topological polar surface area (TPSA) is 92.4 Å². The van der Waals surface area contributed by atoms with Crippen LogP contribution in [0.25, 0.3) is 0 Å². The molecule has 2 aliphatic heterocycles. The zero-order valence-corrected chi connectivity index (χ0v) is 13.7. The van der Waals surface area contributed by atoms with Crippen LogP contribution >= 0.6 is 0 Å². The molecule has 0 aliphatic carbocycles. The molecule has 4 rings (SSSR count). The van der Waals surface area contributed by atoms with E-state index in [1.807, 2.05) is 0 Å². The predicted molar refractivity (Wildman–Crippen MR) is 85.0 cm³/mol. The summed E-state index contributed by atoms with van der Waals surface area (Å²) in [6.07, 6.45) is -0.516. The lowest BCUT2D eigenvalue weighted by atomic mass is 10.1. The maximum Gasteiger partial charge on any atom is 0.257 e. The molecule has 1 amide bonds. The van der Waals surface area contributed by atoms with Gasteiger partial charge >= 0.3 is 0 Å². The standard InChI is InChI=1S/C16H18FN5O3/c1-22(16(23)10-3-2-4-12-14(10)25-8-24-12)7-13-19-15(21-20-13)11-5-9(17)6-18-11/h2-4,9,11,18H,5-8H2,1H3,(H,19,20,21)/t9-,11+/m0/s1. The number of hydrogen-bond acceptors (Lipinski definition) is 6. The third kappa shape index (κ3) is 3.02. The number of halogens is 1. The van der Waals surface area contributed by atoms with Gasteiger partial charge in [-0.05, 0) is 12.1 Å². The van der Waals surface area contributed by atoms with E-state index in [4.69, 9.17) is 9.47 Å². The van der Waals surface area contributed by atoms with Crippen molar-refractivity contribution < 1.29 is 18.7 Å². The van der Waals surface area contributed by atoms with Gasteiger partial charge in [0.15, 0.2) is 17.3 Å². The van der Waals surface area contributed by atoms with E-state index in [9.17, 15) is 9.18 Å². The number of fused-ring (bicyclic) bond motifs is 1. The van der Waals surface area contributed by atoms with Crippen LogP contribution in [0.3, 0.4) is 0 Å². The monoisotopic (exact) mass is 347 g/mol. The largest absolute Gasteiger partial charge is 0.454 e. The van der Waals surface area contributed by atoms with Crippen molar-refractivity contribution in [1.29, 1.82) is 0 Å². The van der Waals surface area contributed by atoms with Gasteiger partial charge in [-0.1, -0.05) is 6.07 Å². The number of nitrogens with one attached hydrogen (secondary N) is 2. The average molecular weight is 347 g/mol. The lowest BCUT2D eigenvalue weighted by Gasteiger charge is -2.16. The number of aromatic amines is 1. The fourth-order valence-electron chi connectivity index (χ4n) is 3.03. The number of aromatic nitrogens is 3. The van der Waals surface area contributed by atoms with Gasteiger partial charge in [0.05, 0.1) is 18.2 Å². The Morgan fingerprint density at radius 3 is 3.12 bits per heavy atom. The smallest absolute Gasteiger partial charge is 0.257 e. The molecule has 1 saturated heterocycles. The minimum atomic E-state index is -0.876. The van der Waals surface area contributed by atoms with Crippen LogP contribution in [0.4, 0.5) is 4.39 Å². The molecule has 0 saturated carbocycles. The summed E-state index contributed by atoms with van der Waals surface area (Å²) in [5.74, 6) is 1.88. The Balaban J connectivity index is 1.45. The number of benzene rings is 1. The van der Waals surface area contributed by atoms with Gasteiger partial charge in [-0.3, -0.25) is 9.89 Å². The Kier molecular flexibility index (Phi) is 4.00. The molecule has 0 spiro atoms. The molecule has 9 heteroatoms. The van der Waals surface area contributed by atoms with Crippen LogP contribution in [-0.2, 0) is 6.54 Å². The number of H-pyrrole nitrogens is 1. The van der Waals surface area contributed by atoms with Gasteiger partial charge < -0.3 is 19.7 Å². The Morgan fingerprint density at radius 1 is 1.44 bits per heavy atom. The molecule has 2 N–H and O–H groups in total. The minimum absolute atomic E-state index is 0.110. The number of rotatable bonds is 4. The van der Waals surface area contributed by atoms with Gasteiger partial charge in [0, 0.05) is 20.0 Å². The maximum absolute atomic E-state index is 13.3. The first kappa shape index (κ1) is 15.8. The van der Waals surface area contributed by atoms with Crippen LogP contribution in [0.1, 0.15) is 34.5 Å². The van der Waals surface area contributed by atoms with Gasteiger partial charge in [-0.2, -0.15) is 5.10 Å². The number of amides is 1. The third-order valence-corrected chi connectivity index (χ3v) is 4.30. The van der Waals surface area contributed by atoms with Crippen molar-refractivity contribution in [2.24, 2.45) is 0 Å². The summed E-state index contributed by atoms with van der Waals surface area (Å²) >= 11 is 0. The molecule has 0 radical (unpaired) electrons.